The van der Waals surface area contributed by atoms with E-state index in [2.05, 4.69) is 0 Å². The number of hydrogen-bond acceptors (Lipinski definition) is 4. The maximum absolute atomic E-state index is 9.49. The molecule has 1 aromatic carbocycles. The minimum atomic E-state index is -0.309. The zero-order valence-corrected chi connectivity index (χ0v) is 7.75. The van der Waals surface area contributed by atoms with Crippen molar-refractivity contribution in [3.63, 3.8) is 0 Å². The molecule has 3 N–H and O–H groups in total. The summed E-state index contributed by atoms with van der Waals surface area (Å²) < 4.78 is 4.87. The number of aromatic hydroxyl groups is 3. The van der Waals surface area contributed by atoms with E-state index >= 15 is 0 Å². The van der Waals surface area contributed by atoms with Crippen LogP contribution in [0.25, 0.3) is 0 Å². The van der Waals surface area contributed by atoms with Crippen LogP contribution >= 0.6 is 0 Å². The Hall–Kier alpha value is -1.58. The Kier molecular flexibility index (Phi) is 2.23. The Labute approximate surface area is 76.0 Å². The number of phenols is 3. The summed E-state index contributed by atoms with van der Waals surface area (Å²) in [4.78, 5) is 0. The predicted octanol–water partition coefficient (Wildman–Crippen LogP) is 1.43. The lowest BCUT2D eigenvalue weighted by Crippen LogP contribution is -1.91. The Balaban J connectivity index is 3.56. The quantitative estimate of drug-likeness (QED) is 0.456. The normalized spacial score (nSPS) is 10.1. The van der Waals surface area contributed by atoms with Gasteiger partial charge in [-0.3, -0.25) is 0 Å². The minimum Gasteiger partial charge on any atom is -0.504 e. The van der Waals surface area contributed by atoms with E-state index in [1.807, 2.05) is 0 Å². The highest BCUT2D eigenvalue weighted by Gasteiger charge is 2.18. The fourth-order valence-corrected chi connectivity index (χ4v) is 1.17. The van der Waals surface area contributed by atoms with Crippen LogP contribution in [0.1, 0.15) is 11.1 Å². The van der Waals surface area contributed by atoms with Crippen molar-refractivity contribution in [3.8, 4) is 23.0 Å². The van der Waals surface area contributed by atoms with E-state index in [1.165, 1.54) is 14.0 Å². The van der Waals surface area contributed by atoms with Gasteiger partial charge in [-0.2, -0.15) is 0 Å². The van der Waals surface area contributed by atoms with E-state index in [9.17, 15) is 15.3 Å². The highest BCUT2D eigenvalue weighted by molar-refractivity contribution is 5.63. The van der Waals surface area contributed by atoms with Crippen molar-refractivity contribution in [3.05, 3.63) is 11.1 Å². The molecule has 0 saturated carbocycles. The van der Waals surface area contributed by atoms with Crippen molar-refractivity contribution in [1.29, 1.82) is 0 Å². The lowest BCUT2D eigenvalue weighted by atomic mass is 10.1. The van der Waals surface area contributed by atoms with Crippen molar-refractivity contribution < 1.29 is 20.1 Å². The van der Waals surface area contributed by atoms with Gasteiger partial charge in [0.15, 0.2) is 23.0 Å². The largest absolute Gasteiger partial charge is 0.504 e. The molecule has 0 aliphatic heterocycles. The number of benzene rings is 1. The van der Waals surface area contributed by atoms with Crippen LogP contribution in [-0.2, 0) is 0 Å². The second-order valence-corrected chi connectivity index (χ2v) is 2.83. The molecule has 0 aliphatic carbocycles. The highest BCUT2D eigenvalue weighted by atomic mass is 16.5. The molecule has 0 radical (unpaired) electrons. The summed E-state index contributed by atoms with van der Waals surface area (Å²) in [6, 6.07) is 0. The average molecular weight is 184 g/mol. The van der Waals surface area contributed by atoms with Gasteiger partial charge >= 0.3 is 0 Å². The molecule has 1 rings (SSSR count). The zero-order chi connectivity index (χ0) is 10.2. The van der Waals surface area contributed by atoms with Crippen molar-refractivity contribution >= 4 is 0 Å². The van der Waals surface area contributed by atoms with Gasteiger partial charge in [0, 0.05) is 11.1 Å². The van der Waals surface area contributed by atoms with Crippen molar-refractivity contribution in [2.75, 3.05) is 7.11 Å². The van der Waals surface area contributed by atoms with Crippen molar-refractivity contribution in [2.24, 2.45) is 0 Å². The molecule has 0 bridgehead atoms. The lowest BCUT2D eigenvalue weighted by Gasteiger charge is -2.12. The molecule has 72 valence electrons. The summed E-state index contributed by atoms with van der Waals surface area (Å²) in [6.45, 7) is 3.04. The molecule has 1 aromatic rings. The first-order chi connectivity index (χ1) is 6.00. The first kappa shape index (κ1) is 9.51. The molecule has 0 amide bonds. The van der Waals surface area contributed by atoms with E-state index in [0.717, 1.165) is 0 Å². The molecule has 0 spiro atoms. The summed E-state index contributed by atoms with van der Waals surface area (Å²) in [7, 11) is 1.39. The van der Waals surface area contributed by atoms with Crippen LogP contribution in [0.3, 0.4) is 0 Å². The van der Waals surface area contributed by atoms with E-state index in [-0.39, 0.29) is 28.6 Å². The van der Waals surface area contributed by atoms with Crippen LogP contribution in [0.15, 0.2) is 0 Å². The Morgan fingerprint density at radius 1 is 0.846 bits per heavy atom. The van der Waals surface area contributed by atoms with Gasteiger partial charge in [-0.05, 0) is 13.8 Å². The fourth-order valence-electron chi connectivity index (χ4n) is 1.17. The molecule has 0 aliphatic rings. The van der Waals surface area contributed by atoms with Crippen LogP contribution in [0, 0.1) is 13.8 Å². The van der Waals surface area contributed by atoms with Gasteiger partial charge in [0.25, 0.3) is 0 Å². The SMILES string of the molecule is COc1c(C)c(O)c(O)c(C)c1O. The van der Waals surface area contributed by atoms with Crippen molar-refractivity contribution in [1.82, 2.24) is 0 Å². The predicted molar refractivity (Wildman–Crippen MR) is 47.5 cm³/mol. The van der Waals surface area contributed by atoms with E-state index in [1.54, 1.807) is 6.92 Å². The maximum Gasteiger partial charge on any atom is 0.167 e. The molecule has 4 nitrogen and oxygen atoms in total. The summed E-state index contributed by atoms with van der Waals surface area (Å²) >= 11 is 0. The third-order valence-corrected chi connectivity index (χ3v) is 2.05. The van der Waals surface area contributed by atoms with E-state index in [0.29, 0.717) is 5.56 Å². The topological polar surface area (TPSA) is 69.9 Å². The fraction of sp³-hybridized carbons (Fsp3) is 0.333. The average Bonchev–Trinajstić information content (AvgIpc) is 2.13. The van der Waals surface area contributed by atoms with E-state index in [4.69, 9.17) is 4.74 Å². The number of hydrogen-bond donors (Lipinski definition) is 3. The molecular formula is C9H12O4. The standard InChI is InChI=1S/C9H12O4/c1-4-6(10)7(11)5(2)9(13-3)8(4)12/h10-12H,1-3H3. The molecule has 13 heavy (non-hydrogen) atoms. The number of phenolic OH excluding ortho intramolecular Hbond substituents is 3. The lowest BCUT2D eigenvalue weighted by molar-refractivity contribution is 0.348. The van der Waals surface area contributed by atoms with Crippen LogP contribution in [0.4, 0.5) is 0 Å². The third-order valence-electron chi connectivity index (χ3n) is 2.05. The van der Waals surface area contributed by atoms with Crippen LogP contribution in [0.5, 0.6) is 23.0 Å². The maximum atomic E-state index is 9.49. The van der Waals surface area contributed by atoms with Gasteiger partial charge in [-0.1, -0.05) is 0 Å². The third kappa shape index (κ3) is 1.24. The van der Waals surface area contributed by atoms with Crippen molar-refractivity contribution in [2.45, 2.75) is 13.8 Å². The molecule has 0 atom stereocenters. The number of ether oxygens (including phenoxy) is 1. The molecule has 4 heteroatoms. The Morgan fingerprint density at radius 3 is 1.77 bits per heavy atom. The Morgan fingerprint density at radius 2 is 1.31 bits per heavy atom. The summed E-state index contributed by atoms with van der Waals surface area (Å²) in [5.74, 6) is -0.522. The monoisotopic (exact) mass is 184 g/mol. The molecule has 0 unspecified atom stereocenters. The Bertz CT molecular complexity index is 315. The molecule has 0 fully saturated rings. The van der Waals surface area contributed by atoms with Gasteiger partial charge < -0.3 is 20.1 Å². The summed E-state index contributed by atoms with van der Waals surface area (Å²) in [5.41, 5.74) is 0.531. The molecule has 0 aromatic heterocycles. The van der Waals surface area contributed by atoms with Gasteiger partial charge in [-0.25, -0.2) is 0 Å². The van der Waals surface area contributed by atoms with Gasteiger partial charge in [0.1, 0.15) is 0 Å². The van der Waals surface area contributed by atoms with Crippen LogP contribution < -0.4 is 4.74 Å². The molecular weight excluding hydrogens is 172 g/mol. The summed E-state index contributed by atoms with van der Waals surface area (Å²) in [6.07, 6.45) is 0. The minimum absolute atomic E-state index is 0.143. The first-order valence-corrected chi connectivity index (χ1v) is 3.78. The van der Waals surface area contributed by atoms with Crippen LogP contribution in [-0.4, -0.2) is 22.4 Å². The smallest absolute Gasteiger partial charge is 0.167 e. The second-order valence-electron chi connectivity index (χ2n) is 2.83. The first-order valence-electron chi connectivity index (χ1n) is 3.78. The van der Waals surface area contributed by atoms with E-state index < -0.39 is 0 Å². The molecule has 0 saturated heterocycles. The van der Waals surface area contributed by atoms with Gasteiger partial charge in [-0.15, -0.1) is 0 Å². The van der Waals surface area contributed by atoms with Gasteiger partial charge in [0.05, 0.1) is 7.11 Å². The second kappa shape index (κ2) is 3.05. The summed E-state index contributed by atoms with van der Waals surface area (Å²) in [5, 5.41) is 28.2. The van der Waals surface area contributed by atoms with Crippen LogP contribution in [0.2, 0.25) is 0 Å². The zero-order valence-electron chi connectivity index (χ0n) is 7.75. The molecule has 0 heterocycles. The highest BCUT2D eigenvalue weighted by Crippen LogP contribution is 2.45. The number of rotatable bonds is 1. The van der Waals surface area contributed by atoms with Gasteiger partial charge in [0.2, 0.25) is 0 Å². The number of methoxy groups -OCH3 is 1.